The molecule has 4 nitrogen and oxygen atoms in total. The number of benzene rings is 1. The molecule has 3 aromatic rings. The number of hydrogen-bond donors (Lipinski definition) is 1. The molecule has 1 aromatic carbocycles. The van der Waals surface area contributed by atoms with E-state index in [9.17, 15) is 0 Å². The second-order valence-corrected chi connectivity index (χ2v) is 5.16. The van der Waals surface area contributed by atoms with E-state index < -0.39 is 0 Å². The number of nitrogens with zero attached hydrogens (tertiary/aromatic N) is 3. The minimum absolute atomic E-state index is 0.760. The molecule has 4 heteroatoms. The number of fused-ring (bicyclic) bond motifs is 1. The van der Waals surface area contributed by atoms with E-state index in [2.05, 4.69) is 23.4 Å². The predicted octanol–water partition coefficient (Wildman–Crippen LogP) is 2.65. The monoisotopic (exact) mass is 266 g/mol. The fraction of sp³-hybridized carbons (Fsp3) is 0.188. The van der Waals surface area contributed by atoms with Gasteiger partial charge >= 0.3 is 0 Å². The van der Waals surface area contributed by atoms with Crippen molar-refractivity contribution >= 4 is 11.3 Å². The first kappa shape index (κ1) is 12.7. The number of hydrogen-bond acceptors (Lipinski definition) is 3. The second-order valence-electron chi connectivity index (χ2n) is 5.16. The maximum Gasteiger partial charge on any atom is 0.137 e. The first-order valence-electron chi connectivity index (χ1n) is 6.62. The molecule has 2 N–H and O–H groups in total. The van der Waals surface area contributed by atoms with Crippen LogP contribution in [0.4, 0.5) is 5.69 Å². The van der Waals surface area contributed by atoms with Crippen LogP contribution in [0.5, 0.6) is 0 Å². The van der Waals surface area contributed by atoms with Crippen LogP contribution in [0.15, 0.2) is 48.7 Å². The number of nitrogen functional groups attached to an aromatic ring is 1. The largest absolute Gasteiger partial charge is 0.398 e. The van der Waals surface area contributed by atoms with Crippen molar-refractivity contribution in [3.63, 3.8) is 0 Å². The number of pyridine rings is 1. The number of rotatable bonds is 3. The van der Waals surface area contributed by atoms with Crippen LogP contribution in [-0.4, -0.2) is 28.4 Å². The molecular formula is C16H18N4. The molecule has 0 unspecified atom stereocenters. The first-order valence-corrected chi connectivity index (χ1v) is 6.62. The molecule has 0 fully saturated rings. The summed E-state index contributed by atoms with van der Waals surface area (Å²) in [6.45, 7) is 0.814. The van der Waals surface area contributed by atoms with Crippen LogP contribution in [0.2, 0.25) is 0 Å². The molecule has 0 aliphatic carbocycles. The van der Waals surface area contributed by atoms with Crippen molar-refractivity contribution < 1.29 is 0 Å². The minimum atomic E-state index is 0.760. The van der Waals surface area contributed by atoms with Crippen molar-refractivity contribution in [1.82, 2.24) is 14.3 Å². The Hall–Kier alpha value is -2.33. The molecule has 102 valence electrons. The van der Waals surface area contributed by atoms with Crippen LogP contribution in [-0.2, 0) is 6.54 Å². The molecular weight excluding hydrogens is 248 g/mol. The van der Waals surface area contributed by atoms with Gasteiger partial charge in [-0.15, -0.1) is 0 Å². The van der Waals surface area contributed by atoms with E-state index >= 15 is 0 Å². The van der Waals surface area contributed by atoms with Crippen LogP contribution < -0.4 is 5.73 Å². The van der Waals surface area contributed by atoms with E-state index in [1.54, 1.807) is 0 Å². The van der Waals surface area contributed by atoms with Crippen molar-refractivity contribution in [2.75, 3.05) is 19.8 Å². The molecule has 3 rings (SSSR count). The van der Waals surface area contributed by atoms with E-state index in [0.29, 0.717) is 0 Å². The Balaban J connectivity index is 2.26. The van der Waals surface area contributed by atoms with Gasteiger partial charge in [-0.25, -0.2) is 4.98 Å². The fourth-order valence-electron chi connectivity index (χ4n) is 2.43. The summed E-state index contributed by atoms with van der Waals surface area (Å²) in [7, 11) is 4.11. The predicted molar refractivity (Wildman–Crippen MR) is 82.4 cm³/mol. The molecule has 20 heavy (non-hydrogen) atoms. The quantitative estimate of drug-likeness (QED) is 0.741. The van der Waals surface area contributed by atoms with Gasteiger partial charge in [0.2, 0.25) is 0 Å². The average molecular weight is 266 g/mol. The minimum Gasteiger partial charge on any atom is -0.398 e. The van der Waals surface area contributed by atoms with Crippen LogP contribution in [0, 0.1) is 0 Å². The Bertz CT molecular complexity index is 743. The van der Waals surface area contributed by atoms with E-state index in [-0.39, 0.29) is 0 Å². The lowest BCUT2D eigenvalue weighted by Gasteiger charge is -2.12. The van der Waals surface area contributed by atoms with Crippen molar-refractivity contribution in [2.24, 2.45) is 0 Å². The fourth-order valence-corrected chi connectivity index (χ4v) is 2.43. The zero-order valence-corrected chi connectivity index (χ0v) is 11.7. The highest BCUT2D eigenvalue weighted by Gasteiger charge is 2.15. The third-order valence-electron chi connectivity index (χ3n) is 3.31. The Morgan fingerprint density at radius 2 is 1.85 bits per heavy atom. The highest BCUT2D eigenvalue weighted by molar-refractivity contribution is 5.77. The highest BCUT2D eigenvalue weighted by atomic mass is 15.1. The third kappa shape index (κ3) is 2.14. The molecule has 2 aromatic heterocycles. The number of para-hydroxylation sites is 1. The summed E-state index contributed by atoms with van der Waals surface area (Å²) in [5.41, 5.74) is 10.9. The first-order chi connectivity index (χ1) is 9.66. The maximum atomic E-state index is 6.11. The maximum absolute atomic E-state index is 6.11. The lowest BCUT2D eigenvalue weighted by molar-refractivity contribution is 0.396. The smallest absolute Gasteiger partial charge is 0.137 e. The van der Waals surface area contributed by atoms with E-state index in [1.807, 2.05) is 48.7 Å². The van der Waals surface area contributed by atoms with Gasteiger partial charge in [0.15, 0.2) is 0 Å². The number of nitrogens with two attached hydrogens (primary N) is 1. The molecule has 0 radical (unpaired) electrons. The van der Waals surface area contributed by atoms with Crippen molar-refractivity contribution in [2.45, 2.75) is 6.54 Å². The lowest BCUT2D eigenvalue weighted by Crippen LogP contribution is -2.13. The number of anilines is 1. The Morgan fingerprint density at radius 3 is 2.60 bits per heavy atom. The van der Waals surface area contributed by atoms with Crippen LogP contribution in [0.25, 0.3) is 16.9 Å². The summed E-state index contributed by atoms with van der Waals surface area (Å²) in [6, 6.07) is 13.9. The van der Waals surface area contributed by atoms with Crippen LogP contribution in [0.1, 0.15) is 5.69 Å². The standard InChI is InChI=1S/C16H18N4/c1-19(2)11-14-16(12-7-3-4-8-13(12)17)18-15-9-5-6-10-20(14)15/h3-10H,11,17H2,1-2H3. The van der Waals surface area contributed by atoms with Gasteiger partial charge in [-0.1, -0.05) is 24.3 Å². The zero-order valence-electron chi connectivity index (χ0n) is 11.7. The van der Waals surface area contributed by atoms with Crippen molar-refractivity contribution in [3.05, 3.63) is 54.4 Å². The molecule has 0 bridgehead atoms. The van der Waals surface area contributed by atoms with Gasteiger partial charge < -0.3 is 15.0 Å². The van der Waals surface area contributed by atoms with Crippen LogP contribution in [0.3, 0.4) is 0 Å². The van der Waals surface area contributed by atoms with Crippen molar-refractivity contribution in [3.8, 4) is 11.3 Å². The summed E-state index contributed by atoms with van der Waals surface area (Å²) in [5, 5.41) is 0. The lowest BCUT2D eigenvalue weighted by atomic mass is 10.1. The van der Waals surface area contributed by atoms with E-state index in [0.717, 1.165) is 34.8 Å². The summed E-state index contributed by atoms with van der Waals surface area (Å²) in [6.07, 6.45) is 2.05. The molecule has 0 aliphatic rings. The zero-order chi connectivity index (χ0) is 14.1. The molecule has 0 saturated carbocycles. The SMILES string of the molecule is CN(C)Cc1c(-c2ccccc2N)nc2ccccn12. The molecule has 0 saturated heterocycles. The summed E-state index contributed by atoms with van der Waals surface area (Å²) in [5.74, 6) is 0. The Kier molecular flexibility index (Phi) is 3.16. The van der Waals surface area contributed by atoms with Gasteiger partial charge in [0.05, 0.1) is 11.4 Å². The van der Waals surface area contributed by atoms with Gasteiger partial charge in [0.1, 0.15) is 5.65 Å². The summed E-state index contributed by atoms with van der Waals surface area (Å²) < 4.78 is 2.13. The molecule has 0 atom stereocenters. The number of aromatic nitrogens is 2. The van der Waals surface area contributed by atoms with Gasteiger partial charge in [-0.3, -0.25) is 0 Å². The third-order valence-corrected chi connectivity index (χ3v) is 3.31. The Morgan fingerprint density at radius 1 is 1.10 bits per heavy atom. The summed E-state index contributed by atoms with van der Waals surface area (Å²) >= 11 is 0. The van der Waals surface area contributed by atoms with Gasteiger partial charge in [-0.2, -0.15) is 0 Å². The molecule has 0 aliphatic heterocycles. The van der Waals surface area contributed by atoms with Gasteiger partial charge in [-0.05, 0) is 32.3 Å². The second kappa shape index (κ2) is 4.98. The van der Waals surface area contributed by atoms with Gasteiger partial charge in [0.25, 0.3) is 0 Å². The normalized spacial score (nSPS) is 11.3. The summed E-state index contributed by atoms with van der Waals surface area (Å²) in [4.78, 5) is 6.89. The van der Waals surface area contributed by atoms with Crippen LogP contribution >= 0.6 is 0 Å². The average Bonchev–Trinajstić information content (AvgIpc) is 2.78. The van der Waals surface area contributed by atoms with E-state index in [1.165, 1.54) is 0 Å². The van der Waals surface area contributed by atoms with Gasteiger partial charge in [0, 0.05) is 24.0 Å². The van der Waals surface area contributed by atoms with Crippen molar-refractivity contribution in [1.29, 1.82) is 0 Å². The number of imidazole rings is 1. The highest BCUT2D eigenvalue weighted by Crippen LogP contribution is 2.29. The molecule has 0 spiro atoms. The molecule has 2 heterocycles. The van der Waals surface area contributed by atoms with E-state index in [4.69, 9.17) is 10.7 Å². The molecule has 0 amide bonds. The Labute approximate surface area is 118 Å². The topological polar surface area (TPSA) is 46.6 Å².